The van der Waals surface area contributed by atoms with Gasteiger partial charge in [0.1, 0.15) is 0 Å². The highest BCUT2D eigenvalue weighted by atomic mass is 16.2. The van der Waals surface area contributed by atoms with E-state index in [0.717, 1.165) is 18.4 Å². The Hall–Kier alpha value is -3.80. The fourth-order valence-electron chi connectivity index (χ4n) is 5.79. The van der Waals surface area contributed by atoms with Crippen molar-refractivity contribution >= 4 is 40.1 Å². The van der Waals surface area contributed by atoms with Gasteiger partial charge in [0.15, 0.2) is 0 Å². The molecule has 0 spiro atoms. The minimum Gasteiger partial charge on any atom is -0.271 e. The fourth-order valence-corrected chi connectivity index (χ4v) is 5.79. The lowest BCUT2D eigenvalue weighted by Gasteiger charge is -2.35. The lowest BCUT2D eigenvalue weighted by Crippen LogP contribution is -2.47. The molecule has 0 bridgehead atoms. The highest BCUT2D eigenvalue weighted by Gasteiger charge is 2.41. The van der Waals surface area contributed by atoms with Crippen LogP contribution in [0, 0.1) is 0 Å². The van der Waals surface area contributed by atoms with Crippen molar-refractivity contribution in [3.05, 3.63) is 76.3 Å². The molecule has 2 aliphatic rings. The van der Waals surface area contributed by atoms with Gasteiger partial charge >= 0.3 is 0 Å². The number of rotatable bonds is 7. The van der Waals surface area contributed by atoms with Crippen molar-refractivity contribution in [1.82, 2.24) is 4.90 Å². The van der Waals surface area contributed by atoms with E-state index < -0.39 is 11.8 Å². The largest absolute Gasteiger partial charge is 0.271 e. The molecule has 0 unspecified atom stereocenters. The van der Waals surface area contributed by atoms with Crippen molar-refractivity contribution in [2.45, 2.75) is 65.3 Å². The predicted octanol–water partition coefficient (Wildman–Crippen LogP) is 6.33. The summed E-state index contributed by atoms with van der Waals surface area (Å²) >= 11 is 0. The lowest BCUT2D eigenvalue weighted by molar-refractivity contribution is 0.0529. The quantitative estimate of drug-likeness (QED) is 0.369. The van der Waals surface area contributed by atoms with E-state index in [-0.39, 0.29) is 17.9 Å². The summed E-state index contributed by atoms with van der Waals surface area (Å²) in [5, 5.41) is 0.813. The number of anilines is 1. The maximum atomic E-state index is 13.7. The summed E-state index contributed by atoms with van der Waals surface area (Å²) in [6, 6.07) is 13.9. The SMILES string of the molecule is CCC(CC)c1cccc(N2C(=O)c3ccc4c5c(ccc(c35)C2=O)C(=O)N(C(CC)CC)C4=O)c1. The Kier molecular flexibility index (Phi) is 5.99. The Labute approximate surface area is 210 Å². The Morgan fingerprint density at radius 1 is 0.611 bits per heavy atom. The van der Waals surface area contributed by atoms with E-state index in [1.54, 1.807) is 30.3 Å². The maximum Gasteiger partial charge on any atom is 0.265 e. The number of hydrogen-bond donors (Lipinski definition) is 0. The molecule has 0 fully saturated rings. The summed E-state index contributed by atoms with van der Waals surface area (Å²) < 4.78 is 0. The molecular formula is C30H30N2O4. The molecule has 3 aromatic carbocycles. The third-order valence-corrected chi connectivity index (χ3v) is 7.82. The number of imide groups is 2. The number of amides is 4. The summed E-state index contributed by atoms with van der Waals surface area (Å²) in [6.45, 7) is 8.16. The van der Waals surface area contributed by atoms with Crippen LogP contribution in [0.15, 0.2) is 48.5 Å². The molecule has 6 heteroatoms. The average Bonchev–Trinajstić information content (AvgIpc) is 2.89. The Bertz CT molecular complexity index is 1360. The second kappa shape index (κ2) is 9.01. The first-order valence-electron chi connectivity index (χ1n) is 12.8. The van der Waals surface area contributed by atoms with Crippen LogP contribution in [0.5, 0.6) is 0 Å². The molecule has 6 nitrogen and oxygen atoms in total. The van der Waals surface area contributed by atoms with Crippen molar-refractivity contribution in [2.75, 3.05) is 4.90 Å². The zero-order valence-corrected chi connectivity index (χ0v) is 21.1. The number of hydrogen-bond acceptors (Lipinski definition) is 4. The normalized spacial score (nSPS) is 15.2. The number of benzene rings is 3. The van der Waals surface area contributed by atoms with Crippen LogP contribution in [-0.2, 0) is 0 Å². The molecule has 36 heavy (non-hydrogen) atoms. The van der Waals surface area contributed by atoms with E-state index in [0.29, 0.717) is 57.5 Å². The monoisotopic (exact) mass is 482 g/mol. The number of carbonyl (C=O) groups is 4. The van der Waals surface area contributed by atoms with Crippen molar-refractivity contribution in [3.63, 3.8) is 0 Å². The van der Waals surface area contributed by atoms with Crippen LogP contribution >= 0.6 is 0 Å². The molecule has 2 aliphatic heterocycles. The zero-order valence-electron chi connectivity index (χ0n) is 21.1. The smallest absolute Gasteiger partial charge is 0.265 e. The van der Waals surface area contributed by atoms with E-state index in [1.807, 2.05) is 32.0 Å². The van der Waals surface area contributed by atoms with Crippen LogP contribution in [-0.4, -0.2) is 34.6 Å². The molecule has 184 valence electrons. The van der Waals surface area contributed by atoms with Gasteiger partial charge in [-0.2, -0.15) is 0 Å². The van der Waals surface area contributed by atoms with Crippen molar-refractivity contribution < 1.29 is 19.2 Å². The van der Waals surface area contributed by atoms with E-state index in [1.165, 1.54) is 9.80 Å². The molecule has 0 aliphatic carbocycles. The lowest BCUT2D eigenvalue weighted by atomic mass is 9.85. The van der Waals surface area contributed by atoms with Gasteiger partial charge in [-0.15, -0.1) is 0 Å². The second-order valence-corrected chi connectivity index (χ2v) is 9.58. The topological polar surface area (TPSA) is 74.8 Å². The highest BCUT2D eigenvalue weighted by molar-refractivity contribution is 6.39. The minimum atomic E-state index is -0.444. The van der Waals surface area contributed by atoms with Gasteiger partial charge in [0.25, 0.3) is 23.6 Å². The van der Waals surface area contributed by atoms with Gasteiger partial charge < -0.3 is 0 Å². The first kappa shape index (κ1) is 23.9. The molecule has 0 saturated heterocycles. The molecule has 3 aromatic rings. The molecule has 0 aromatic heterocycles. The average molecular weight is 483 g/mol. The number of nitrogens with zero attached hydrogens (tertiary/aromatic N) is 2. The van der Waals surface area contributed by atoms with Crippen LogP contribution in [0.4, 0.5) is 5.69 Å². The summed E-state index contributed by atoms with van der Waals surface area (Å²) in [4.78, 5) is 56.9. The fraction of sp³-hybridized carbons (Fsp3) is 0.333. The Balaban J connectivity index is 1.67. The van der Waals surface area contributed by atoms with Gasteiger partial charge in [-0.05, 0) is 73.6 Å². The van der Waals surface area contributed by atoms with Crippen molar-refractivity contribution in [1.29, 1.82) is 0 Å². The molecule has 2 heterocycles. The molecule has 5 rings (SSSR count). The highest BCUT2D eigenvalue weighted by Crippen LogP contribution is 2.40. The Morgan fingerprint density at radius 3 is 1.53 bits per heavy atom. The Morgan fingerprint density at radius 2 is 1.08 bits per heavy atom. The summed E-state index contributed by atoms with van der Waals surface area (Å²) in [7, 11) is 0. The standard InChI is InChI=1S/C30H30N2O4/c1-5-17(6-2)18-10-9-11-20(16-18)32-29(35)23-14-12-21-25-22(13-15-24(26(23)25)30(32)36)28(34)31(27(21)33)19(7-3)8-4/h9-17,19H,5-8H2,1-4H3. The van der Waals surface area contributed by atoms with Gasteiger partial charge in [0.05, 0.1) is 5.69 Å². The zero-order chi connectivity index (χ0) is 25.7. The van der Waals surface area contributed by atoms with E-state index >= 15 is 0 Å². The summed E-state index contributed by atoms with van der Waals surface area (Å²) in [5.74, 6) is -1.29. The second-order valence-electron chi connectivity index (χ2n) is 9.58. The maximum absolute atomic E-state index is 13.7. The van der Waals surface area contributed by atoms with E-state index in [2.05, 4.69) is 13.8 Å². The van der Waals surface area contributed by atoms with Gasteiger partial charge in [-0.1, -0.05) is 39.8 Å². The van der Waals surface area contributed by atoms with Crippen LogP contribution in [0.25, 0.3) is 10.8 Å². The van der Waals surface area contributed by atoms with E-state index in [4.69, 9.17) is 0 Å². The molecule has 0 N–H and O–H groups in total. The minimum absolute atomic E-state index is 0.207. The van der Waals surface area contributed by atoms with Crippen molar-refractivity contribution in [2.24, 2.45) is 0 Å². The summed E-state index contributed by atoms with van der Waals surface area (Å²) in [6.07, 6.45) is 3.24. The van der Waals surface area contributed by atoms with Crippen molar-refractivity contribution in [3.8, 4) is 0 Å². The summed E-state index contributed by atoms with van der Waals surface area (Å²) in [5.41, 5.74) is 3.00. The molecular weight excluding hydrogens is 452 g/mol. The molecule has 0 atom stereocenters. The van der Waals surface area contributed by atoms with Gasteiger partial charge in [-0.25, -0.2) is 4.90 Å². The first-order valence-corrected chi connectivity index (χ1v) is 12.8. The third kappa shape index (κ3) is 3.31. The molecule has 4 amide bonds. The number of carbonyl (C=O) groups excluding carboxylic acids is 4. The van der Waals surface area contributed by atoms with Crippen LogP contribution < -0.4 is 4.90 Å². The van der Waals surface area contributed by atoms with Crippen LogP contribution in [0.3, 0.4) is 0 Å². The van der Waals surface area contributed by atoms with Gasteiger partial charge in [0.2, 0.25) is 0 Å². The predicted molar refractivity (Wildman–Crippen MR) is 140 cm³/mol. The van der Waals surface area contributed by atoms with Gasteiger partial charge in [-0.3, -0.25) is 24.1 Å². The first-order chi connectivity index (χ1) is 17.4. The van der Waals surface area contributed by atoms with Crippen LogP contribution in [0.1, 0.15) is 106 Å². The third-order valence-electron chi connectivity index (χ3n) is 7.82. The van der Waals surface area contributed by atoms with Gasteiger partial charge in [0, 0.05) is 39.1 Å². The van der Waals surface area contributed by atoms with Crippen LogP contribution in [0.2, 0.25) is 0 Å². The molecule has 0 saturated carbocycles. The molecule has 0 radical (unpaired) electrons. The van der Waals surface area contributed by atoms with E-state index in [9.17, 15) is 19.2 Å².